The number of rotatable bonds is 4. The van der Waals surface area contributed by atoms with Crippen LogP contribution >= 0.6 is 0 Å². The van der Waals surface area contributed by atoms with Gasteiger partial charge in [-0.2, -0.15) is 0 Å². The molecule has 2 saturated heterocycles. The first kappa shape index (κ1) is 15.1. The SMILES string of the molecule is O=C(NCC1CNCCCO1)N1CCN(CC2CC2)CC1. The van der Waals surface area contributed by atoms with E-state index in [2.05, 4.69) is 15.5 Å². The van der Waals surface area contributed by atoms with Crippen molar-refractivity contribution < 1.29 is 9.53 Å². The molecule has 0 aromatic heterocycles. The number of urea groups is 1. The molecule has 2 N–H and O–H groups in total. The molecule has 1 unspecified atom stereocenters. The van der Waals surface area contributed by atoms with E-state index in [0.717, 1.165) is 58.2 Å². The molecule has 0 bridgehead atoms. The van der Waals surface area contributed by atoms with Gasteiger partial charge in [0, 0.05) is 52.4 Å². The molecule has 0 aromatic rings. The van der Waals surface area contributed by atoms with Crippen LogP contribution < -0.4 is 10.6 Å². The predicted octanol–water partition coefficient (Wildman–Crippen LogP) is 0.102. The average Bonchev–Trinajstić information content (AvgIpc) is 3.33. The Kier molecular flexibility index (Phi) is 5.32. The molecule has 0 aromatic carbocycles. The van der Waals surface area contributed by atoms with Crippen LogP contribution in [0.4, 0.5) is 4.79 Å². The summed E-state index contributed by atoms with van der Waals surface area (Å²) in [5, 5.41) is 6.36. The van der Waals surface area contributed by atoms with Crippen molar-refractivity contribution >= 4 is 6.03 Å². The number of nitrogens with zero attached hydrogens (tertiary/aromatic N) is 2. The first-order chi connectivity index (χ1) is 10.3. The zero-order chi connectivity index (χ0) is 14.5. The molecule has 2 heterocycles. The summed E-state index contributed by atoms with van der Waals surface area (Å²) in [5.74, 6) is 0.935. The van der Waals surface area contributed by atoms with Gasteiger partial charge < -0.3 is 20.3 Å². The van der Waals surface area contributed by atoms with Gasteiger partial charge >= 0.3 is 6.03 Å². The van der Waals surface area contributed by atoms with E-state index < -0.39 is 0 Å². The molecular formula is C15H28N4O2. The van der Waals surface area contributed by atoms with Gasteiger partial charge in [-0.3, -0.25) is 4.90 Å². The van der Waals surface area contributed by atoms with E-state index in [4.69, 9.17) is 4.74 Å². The molecule has 1 aliphatic carbocycles. The third-order valence-electron chi connectivity index (χ3n) is 4.58. The van der Waals surface area contributed by atoms with Gasteiger partial charge in [-0.1, -0.05) is 0 Å². The van der Waals surface area contributed by atoms with E-state index >= 15 is 0 Å². The first-order valence-electron chi connectivity index (χ1n) is 8.39. The van der Waals surface area contributed by atoms with Crippen molar-refractivity contribution in [2.45, 2.75) is 25.4 Å². The Morgan fingerprint density at radius 1 is 1.24 bits per heavy atom. The third-order valence-corrected chi connectivity index (χ3v) is 4.58. The summed E-state index contributed by atoms with van der Waals surface area (Å²) in [6, 6.07) is 0.0638. The highest BCUT2D eigenvalue weighted by Crippen LogP contribution is 2.29. The quantitative estimate of drug-likeness (QED) is 0.773. The van der Waals surface area contributed by atoms with Crippen LogP contribution in [-0.2, 0) is 4.74 Å². The maximum Gasteiger partial charge on any atom is 0.317 e. The maximum absolute atomic E-state index is 12.2. The van der Waals surface area contributed by atoms with E-state index in [1.165, 1.54) is 19.4 Å². The number of ether oxygens (including phenoxy) is 1. The second kappa shape index (κ2) is 7.42. The van der Waals surface area contributed by atoms with Crippen LogP contribution in [0, 0.1) is 5.92 Å². The van der Waals surface area contributed by atoms with Crippen molar-refractivity contribution in [3.8, 4) is 0 Å². The Balaban J connectivity index is 1.33. The summed E-state index contributed by atoms with van der Waals surface area (Å²) in [5.41, 5.74) is 0. The van der Waals surface area contributed by atoms with Gasteiger partial charge in [0.1, 0.15) is 0 Å². The largest absolute Gasteiger partial charge is 0.375 e. The number of nitrogens with one attached hydrogen (secondary N) is 2. The summed E-state index contributed by atoms with van der Waals surface area (Å²) >= 11 is 0. The fraction of sp³-hybridized carbons (Fsp3) is 0.933. The highest BCUT2D eigenvalue weighted by molar-refractivity contribution is 5.74. The third kappa shape index (κ3) is 4.83. The number of hydrogen-bond acceptors (Lipinski definition) is 4. The van der Waals surface area contributed by atoms with E-state index in [1.54, 1.807) is 0 Å². The topological polar surface area (TPSA) is 56.8 Å². The van der Waals surface area contributed by atoms with Gasteiger partial charge in [0.25, 0.3) is 0 Å². The lowest BCUT2D eigenvalue weighted by Gasteiger charge is -2.35. The van der Waals surface area contributed by atoms with Crippen molar-refractivity contribution in [2.24, 2.45) is 5.92 Å². The normalized spacial score (nSPS) is 28.2. The number of amides is 2. The van der Waals surface area contributed by atoms with Gasteiger partial charge in [0.15, 0.2) is 0 Å². The molecule has 6 nitrogen and oxygen atoms in total. The highest BCUT2D eigenvalue weighted by Gasteiger charge is 2.27. The predicted molar refractivity (Wildman–Crippen MR) is 81.4 cm³/mol. The Labute approximate surface area is 127 Å². The van der Waals surface area contributed by atoms with Crippen LogP contribution in [0.15, 0.2) is 0 Å². The minimum atomic E-state index is 0.0638. The molecule has 1 saturated carbocycles. The van der Waals surface area contributed by atoms with E-state index in [1.807, 2.05) is 4.90 Å². The highest BCUT2D eigenvalue weighted by atomic mass is 16.5. The Morgan fingerprint density at radius 2 is 2.05 bits per heavy atom. The average molecular weight is 296 g/mol. The standard InChI is InChI=1S/C15H28N4O2/c20-15(17-11-14-10-16-4-1-9-21-14)19-7-5-18(6-8-19)12-13-2-3-13/h13-14,16H,1-12H2,(H,17,20). The Morgan fingerprint density at radius 3 is 2.81 bits per heavy atom. The van der Waals surface area contributed by atoms with Gasteiger partial charge in [-0.15, -0.1) is 0 Å². The lowest BCUT2D eigenvalue weighted by molar-refractivity contribution is 0.0660. The van der Waals surface area contributed by atoms with Crippen molar-refractivity contribution in [1.82, 2.24) is 20.4 Å². The zero-order valence-electron chi connectivity index (χ0n) is 12.9. The second-order valence-corrected chi connectivity index (χ2v) is 6.47. The Bertz CT molecular complexity index is 333. The number of piperazine rings is 1. The van der Waals surface area contributed by atoms with Crippen molar-refractivity contribution in [3.63, 3.8) is 0 Å². The molecule has 0 radical (unpaired) electrons. The second-order valence-electron chi connectivity index (χ2n) is 6.47. The fourth-order valence-corrected chi connectivity index (χ4v) is 3.01. The fourth-order valence-electron chi connectivity index (χ4n) is 3.01. The first-order valence-corrected chi connectivity index (χ1v) is 8.39. The van der Waals surface area contributed by atoms with E-state index in [9.17, 15) is 4.79 Å². The number of carbonyl (C=O) groups excluding carboxylic acids is 1. The van der Waals surface area contributed by atoms with Gasteiger partial charge in [0.05, 0.1) is 6.10 Å². The lowest BCUT2D eigenvalue weighted by atomic mass is 10.3. The summed E-state index contributed by atoms with van der Waals surface area (Å²) in [4.78, 5) is 16.6. The number of hydrogen-bond donors (Lipinski definition) is 2. The van der Waals surface area contributed by atoms with E-state index in [0.29, 0.717) is 6.54 Å². The molecule has 21 heavy (non-hydrogen) atoms. The van der Waals surface area contributed by atoms with E-state index in [-0.39, 0.29) is 12.1 Å². The minimum absolute atomic E-state index is 0.0638. The van der Waals surface area contributed by atoms with Crippen LogP contribution in [0.25, 0.3) is 0 Å². The van der Waals surface area contributed by atoms with Crippen LogP contribution in [-0.4, -0.2) is 80.9 Å². The molecule has 2 aliphatic heterocycles. The van der Waals surface area contributed by atoms with Gasteiger partial charge in [-0.05, 0) is 31.7 Å². The van der Waals surface area contributed by atoms with Crippen molar-refractivity contribution in [3.05, 3.63) is 0 Å². The zero-order valence-corrected chi connectivity index (χ0v) is 12.9. The van der Waals surface area contributed by atoms with Crippen LogP contribution in [0.3, 0.4) is 0 Å². The molecule has 6 heteroatoms. The Hall–Kier alpha value is -0.850. The maximum atomic E-state index is 12.2. The summed E-state index contributed by atoms with van der Waals surface area (Å²) in [6.07, 6.45) is 3.95. The monoisotopic (exact) mass is 296 g/mol. The molecule has 3 rings (SSSR count). The van der Waals surface area contributed by atoms with Crippen LogP contribution in [0.1, 0.15) is 19.3 Å². The van der Waals surface area contributed by atoms with Crippen molar-refractivity contribution in [2.75, 3.05) is 59.0 Å². The summed E-state index contributed by atoms with van der Waals surface area (Å²) in [6.45, 7) is 8.20. The molecule has 120 valence electrons. The molecule has 3 fully saturated rings. The molecule has 2 amide bonds. The summed E-state index contributed by atoms with van der Waals surface area (Å²) < 4.78 is 5.70. The van der Waals surface area contributed by atoms with Crippen molar-refractivity contribution in [1.29, 1.82) is 0 Å². The van der Waals surface area contributed by atoms with Crippen LogP contribution in [0.2, 0.25) is 0 Å². The minimum Gasteiger partial charge on any atom is -0.375 e. The molecule has 3 aliphatic rings. The van der Waals surface area contributed by atoms with Gasteiger partial charge in [-0.25, -0.2) is 4.79 Å². The molecule has 0 spiro atoms. The molecule has 1 atom stereocenters. The molecular weight excluding hydrogens is 268 g/mol. The number of carbonyl (C=O) groups is 1. The summed E-state index contributed by atoms with van der Waals surface area (Å²) in [7, 11) is 0. The van der Waals surface area contributed by atoms with Gasteiger partial charge in [0.2, 0.25) is 0 Å². The lowest BCUT2D eigenvalue weighted by Crippen LogP contribution is -2.53. The van der Waals surface area contributed by atoms with Crippen LogP contribution in [0.5, 0.6) is 0 Å². The smallest absolute Gasteiger partial charge is 0.317 e.